The normalized spacial score (nSPS) is 15.9. The fourth-order valence-corrected chi connectivity index (χ4v) is 2.08. The van der Waals surface area contributed by atoms with Gasteiger partial charge in [-0.25, -0.2) is 9.38 Å². The summed E-state index contributed by atoms with van der Waals surface area (Å²) in [6.45, 7) is 0. The van der Waals surface area contributed by atoms with Crippen LogP contribution in [0.15, 0.2) is 23.2 Å². The first-order valence-corrected chi connectivity index (χ1v) is 5.23. The molecule has 0 spiro atoms. The maximum Gasteiger partial charge on any atom is 0.257 e. The molecule has 0 saturated heterocycles. The summed E-state index contributed by atoms with van der Waals surface area (Å²) in [4.78, 5) is 14.6. The quantitative estimate of drug-likeness (QED) is 0.741. The van der Waals surface area contributed by atoms with Gasteiger partial charge in [-0.1, -0.05) is 23.4 Å². The van der Waals surface area contributed by atoms with Crippen LogP contribution in [0.2, 0.25) is 5.02 Å². The Bertz CT molecular complexity index is 433. The fraction of sp³-hybridized carbons (Fsp3) is 0.111. The van der Waals surface area contributed by atoms with E-state index in [1.54, 1.807) is 0 Å². The van der Waals surface area contributed by atoms with Gasteiger partial charge in [-0.15, -0.1) is 0 Å². The molecule has 0 radical (unpaired) electrons. The van der Waals surface area contributed by atoms with Crippen LogP contribution in [0.1, 0.15) is 5.56 Å². The van der Waals surface area contributed by atoms with Crippen molar-refractivity contribution in [2.45, 2.75) is 0 Å². The number of amides is 1. The number of aliphatic imine (C=N–C) groups is 1. The highest BCUT2D eigenvalue weighted by Gasteiger charge is 2.19. The minimum Gasteiger partial charge on any atom is -0.272 e. The number of nitrogens with zero attached hydrogens (tertiary/aromatic N) is 1. The van der Waals surface area contributed by atoms with E-state index >= 15 is 0 Å². The van der Waals surface area contributed by atoms with Crippen molar-refractivity contribution in [3.05, 3.63) is 34.6 Å². The third-order valence-corrected chi connectivity index (χ3v) is 2.93. The van der Waals surface area contributed by atoms with Crippen molar-refractivity contribution in [3.63, 3.8) is 0 Å². The van der Waals surface area contributed by atoms with E-state index in [1.807, 2.05) is 0 Å². The van der Waals surface area contributed by atoms with Gasteiger partial charge in [0.15, 0.2) is 0 Å². The van der Waals surface area contributed by atoms with Crippen LogP contribution in [0.25, 0.3) is 0 Å². The zero-order valence-electron chi connectivity index (χ0n) is 6.96. The number of rotatable bonds is 1. The van der Waals surface area contributed by atoms with Crippen molar-refractivity contribution in [1.29, 1.82) is 0 Å². The molecule has 72 valence electrons. The molecule has 0 aliphatic carbocycles. The van der Waals surface area contributed by atoms with Crippen molar-refractivity contribution in [3.8, 4) is 0 Å². The monoisotopic (exact) mass is 229 g/mol. The summed E-state index contributed by atoms with van der Waals surface area (Å²) in [6.07, 6.45) is 0. The first kappa shape index (κ1) is 9.68. The molecule has 0 unspecified atom stereocenters. The van der Waals surface area contributed by atoms with Crippen molar-refractivity contribution in [2.75, 3.05) is 5.75 Å². The topological polar surface area (TPSA) is 29.4 Å². The van der Waals surface area contributed by atoms with Crippen molar-refractivity contribution in [2.24, 2.45) is 4.99 Å². The highest BCUT2D eigenvalue weighted by atomic mass is 35.5. The maximum atomic E-state index is 13.3. The van der Waals surface area contributed by atoms with Crippen molar-refractivity contribution < 1.29 is 9.18 Å². The van der Waals surface area contributed by atoms with Crippen LogP contribution in [0.4, 0.5) is 4.39 Å². The Morgan fingerprint density at radius 1 is 1.50 bits per heavy atom. The lowest BCUT2D eigenvalue weighted by atomic mass is 10.2. The summed E-state index contributed by atoms with van der Waals surface area (Å²) in [5.41, 5.74) is 0.299. The van der Waals surface area contributed by atoms with E-state index in [0.717, 1.165) is 0 Å². The summed E-state index contributed by atoms with van der Waals surface area (Å²) in [6, 6.07) is 4.20. The number of carbonyl (C=O) groups is 1. The van der Waals surface area contributed by atoms with Crippen LogP contribution >= 0.6 is 23.4 Å². The molecule has 0 bridgehead atoms. The van der Waals surface area contributed by atoms with Gasteiger partial charge in [0.05, 0.1) is 5.75 Å². The minimum atomic E-state index is -0.407. The van der Waals surface area contributed by atoms with E-state index in [0.29, 0.717) is 15.6 Å². The highest BCUT2D eigenvalue weighted by Crippen LogP contribution is 2.24. The number of benzene rings is 1. The lowest BCUT2D eigenvalue weighted by molar-refractivity contribution is -0.115. The average Bonchev–Trinajstić information content (AvgIpc) is 2.56. The largest absolute Gasteiger partial charge is 0.272 e. The molecule has 5 heteroatoms. The van der Waals surface area contributed by atoms with Gasteiger partial charge in [0.1, 0.15) is 10.9 Å². The van der Waals surface area contributed by atoms with Crippen LogP contribution in [-0.2, 0) is 4.79 Å². The van der Waals surface area contributed by atoms with E-state index in [-0.39, 0.29) is 11.7 Å². The molecule has 1 aliphatic rings. The number of carbonyl (C=O) groups excluding carboxylic acids is 1. The van der Waals surface area contributed by atoms with E-state index < -0.39 is 5.82 Å². The van der Waals surface area contributed by atoms with Gasteiger partial charge in [-0.3, -0.25) is 4.79 Å². The first-order valence-electron chi connectivity index (χ1n) is 3.86. The van der Waals surface area contributed by atoms with Gasteiger partial charge in [0, 0.05) is 10.6 Å². The predicted octanol–water partition coefficient (Wildman–Crippen LogP) is 2.50. The molecular weight excluding hydrogens is 225 g/mol. The van der Waals surface area contributed by atoms with Gasteiger partial charge in [0.25, 0.3) is 5.91 Å². The lowest BCUT2D eigenvalue weighted by Gasteiger charge is -2.01. The third-order valence-electron chi connectivity index (χ3n) is 1.72. The molecule has 0 fully saturated rings. The Balaban J connectivity index is 2.46. The number of halogens is 2. The summed E-state index contributed by atoms with van der Waals surface area (Å²) in [5, 5.41) is 0.846. The van der Waals surface area contributed by atoms with Crippen LogP contribution in [0.5, 0.6) is 0 Å². The molecule has 1 aliphatic heterocycles. The van der Waals surface area contributed by atoms with Crippen LogP contribution in [-0.4, -0.2) is 16.7 Å². The summed E-state index contributed by atoms with van der Waals surface area (Å²) in [5.74, 6) is -0.360. The van der Waals surface area contributed by atoms with Gasteiger partial charge in [0.2, 0.25) is 0 Å². The smallest absolute Gasteiger partial charge is 0.257 e. The van der Waals surface area contributed by atoms with Gasteiger partial charge >= 0.3 is 0 Å². The van der Waals surface area contributed by atoms with Crippen molar-refractivity contribution in [1.82, 2.24) is 0 Å². The molecule has 0 N–H and O–H groups in total. The molecule has 2 rings (SSSR count). The Morgan fingerprint density at radius 2 is 2.29 bits per heavy atom. The molecule has 0 atom stereocenters. The molecule has 2 nitrogen and oxygen atoms in total. The Labute approximate surface area is 89.2 Å². The molecule has 1 aromatic carbocycles. The predicted molar refractivity (Wildman–Crippen MR) is 55.4 cm³/mol. The third kappa shape index (κ3) is 1.81. The molecule has 0 saturated carbocycles. The molecule has 1 amide bonds. The van der Waals surface area contributed by atoms with Crippen LogP contribution in [0.3, 0.4) is 0 Å². The van der Waals surface area contributed by atoms with E-state index in [2.05, 4.69) is 4.99 Å². The van der Waals surface area contributed by atoms with E-state index in [9.17, 15) is 9.18 Å². The van der Waals surface area contributed by atoms with Crippen LogP contribution < -0.4 is 0 Å². The minimum absolute atomic E-state index is 0.232. The summed E-state index contributed by atoms with van der Waals surface area (Å²) < 4.78 is 13.3. The molecule has 0 aromatic heterocycles. The van der Waals surface area contributed by atoms with Gasteiger partial charge in [-0.05, 0) is 18.2 Å². The first-order chi connectivity index (χ1) is 6.66. The fourth-order valence-electron chi connectivity index (χ4n) is 1.11. The number of hydrogen-bond acceptors (Lipinski definition) is 2. The van der Waals surface area contributed by atoms with E-state index in [4.69, 9.17) is 11.6 Å². The number of hydrogen-bond donors (Lipinski definition) is 0. The second-order valence-corrected chi connectivity index (χ2v) is 4.12. The molecule has 14 heavy (non-hydrogen) atoms. The molecular formula is C9H5ClFNOS. The Kier molecular flexibility index (Phi) is 2.56. The zero-order valence-corrected chi connectivity index (χ0v) is 8.53. The zero-order chi connectivity index (χ0) is 10.1. The lowest BCUT2D eigenvalue weighted by Crippen LogP contribution is -1.96. The standard InChI is InChI=1S/C9H5ClFNOS/c10-5-1-2-7(11)6(3-5)9-12-8(13)4-14-9/h1-3H,4H2. The summed E-state index contributed by atoms with van der Waals surface area (Å²) in [7, 11) is 0. The second-order valence-electron chi connectivity index (χ2n) is 2.72. The number of thioether (sulfide) groups is 1. The molecule has 1 aromatic rings. The summed E-state index contributed by atoms with van der Waals surface area (Å²) >= 11 is 6.94. The second kappa shape index (κ2) is 3.71. The van der Waals surface area contributed by atoms with E-state index in [1.165, 1.54) is 30.0 Å². The van der Waals surface area contributed by atoms with Gasteiger partial charge in [-0.2, -0.15) is 0 Å². The van der Waals surface area contributed by atoms with Crippen LogP contribution in [0, 0.1) is 5.82 Å². The van der Waals surface area contributed by atoms with Crippen molar-refractivity contribution >= 4 is 34.3 Å². The molecule has 1 heterocycles. The highest BCUT2D eigenvalue weighted by molar-refractivity contribution is 8.15. The SMILES string of the molecule is O=C1CSC(c2cc(Cl)ccc2F)=N1. The Hall–Kier alpha value is -0.870. The Morgan fingerprint density at radius 3 is 2.93 bits per heavy atom. The maximum absolute atomic E-state index is 13.3. The van der Waals surface area contributed by atoms with Gasteiger partial charge < -0.3 is 0 Å². The average molecular weight is 230 g/mol.